The molecule has 1 fully saturated rings. The third-order valence-electron chi connectivity index (χ3n) is 5.86. The standard InChI is InChI=1S/C22H27NO3/c1-21(2,3)26-20(25)18-15-9-5-6-10-16(15)23-17(24)11-14-22(19(18)23)12-7-4-8-13-22/h5-6,9-10H,4,7-8,11-14H2,1-3H3. The summed E-state index contributed by atoms with van der Waals surface area (Å²) in [5.41, 5.74) is 1.75. The van der Waals surface area contributed by atoms with Crippen LogP contribution in [-0.4, -0.2) is 22.0 Å². The molecule has 0 amide bonds. The third kappa shape index (κ3) is 2.67. The Hall–Kier alpha value is -2.10. The van der Waals surface area contributed by atoms with Crippen molar-refractivity contribution in [1.82, 2.24) is 4.57 Å². The molecular formula is C22H27NO3. The number of para-hydroxylation sites is 1. The lowest BCUT2D eigenvalue weighted by Gasteiger charge is -2.41. The minimum atomic E-state index is -0.564. The summed E-state index contributed by atoms with van der Waals surface area (Å²) in [4.78, 5) is 26.1. The summed E-state index contributed by atoms with van der Waals surface area (Å²) in [5, 5.41) is 0.844. The number of fused-ring (bicyclic) bond motifs is 4. The number of nitrogens with zero attached hydrogens (tertiary/aromatic N) is 1. The molecule has 4 rings (SSSR count). The summed E-state index contributed by atoms with van der Waals surface area (Å²) >= 11 is 0. The lowest BCUT2D eigenvalue weighted by Crippen LogP contribution is -2.40. The fourth-order valence-electron chi connectivity index (χ4n) is 4.83. The lowest BCUT2D eigenvalue weighted by molar-refractivity contribution is 0.00672. The van der Waals surface area contributed by atoms with Gasteiger partial charge in [0.1, 0.15) is 5.60 Å². The average Bonchev–Trinajstić information content (AvgIpc) is 2.95. The van der Waals surface area contributed by atoms with Gasteiger partial charge < -0.3 is 4.74 Å². The van der Waals surface area contributed by atoms with Crippen LogP contribution in [0.2, 0.25) is 0 Å². The first kappa shape index (κ1) is 17.3. The molecule has 1 aliphatic carbocycles. The van der Waals surface area contributed by atoms with Gasteiger partial charge in [0.25, 0.3) is 0 Å². The molecule has 26 heavy (non-hydrogen) atoms. The van der Waals surface area contributed by atoms with Gasteiger partial charge in [-0.1, -0.05) is 37.5 Å². The first-order valence-electron chi connectivity index (χ1n) is 9.73. The van der Waals surface area contributed by atoms with Crippen LogP contribution in [0.25, 0.3) is 10.9 Å². The molecule has 1 aromatic carbocycles. The fourth-order valence-corrected chi connectivity index (χ4v) is 4.83. The van der Waals surface area contributed by atoms with Gasteiger partial charge in [-0.05, 0) is 46.1 Å². The van der Waals surface area contributed by atoms with Crippen LogP contribution < -0.4 is 0 Å². The minimum Gasteiger partial charge on any atom is -0.456 e. The third-order valence-corrected chi connectivity index (χ3v) is 5.86. The van der Waals surface area contributed by atoms with E-state index in [0.29, 0.717) is 12.0 Å². The second-order valence-electron chi connectivity index (χ2n) is 8.81. The van der Waals surface area contributed by atoms with Gasteiger partial charge in [0, 0.05) is 22.9 Å². The SMILES string of the molecule is CC(C)(C)OC(=O)c1c2n(c3ccccc13)C(=O)CCC21CCCCC1. The number of hydrogen-bond acceptors (Lipinski definition) is 3. The van der Waals surface area contributed by atoms with Crippen LogP contribution >= 0.6 is 0 Å². The van der Waals surface area contributed by atoms with Crippen LogP contribution in [-0.2, 0) is 10.2 Å². The first-order valence-corrected chi connectivity index (χ1v) is 9.73. The number of rotatable bonds is 1. The van der Waals surface area contributed by atoms with Crippen molar-refractivity contribution in [3.05, 3.63) is 35.5 Å². The molecule has 2 heterocycles. The molecule has 1 saturated carbocycles. The highest BCUT2D eigenvalue weighted by Gasteiger charge is 2.45. The number of aromatic nitrogens is 1. The Balaban J connectivity index is 2.00. The summed E-state index contributed by atoms with van der Waals surface area (Å²) < 4.78 is 7.60. The molecule has 1 aromatic heterocycles. The van der Waals surface area contributed by atoms with E-state index < -0.39 is 5.60 Å². The number of benzene rings is 1. The zero-order valence-electron chi connectivity index (χ0n) is 15.9. The molecular weight excluding hydrogens is 326 g/mol. The zero-order valence-corrected chi connectivity index (χ0v) is 15.9. The molecule has 0 saturated heterocycles. The van der Waals surface area contributed by atoms with Crippen LogP contribution in [0.5, 0.6) is 0 Å². The molecule has 0 unspecified atom stereocenters. The molecule has 4 nitrogen and oxygen atoms in total. The van der Waals surface area contributed by atoms with Crippen molar-refractivity contribution in [2.75, 3.05) is 0 Å². The number of hydrogen-bond donors (Lipinski definition) is 0. The smallest absolute Gasteiger partial charge is 0.341 e. The maximum atomic E-state index is 13.2. The van der Waals surface area contributed by atoms with Crippen LogP contribution in [0.15, 0.2) is 24.3 Å². The van der Waals surface area contributed by atoms with Crippen molar-refractivity contribution in [2.45, 2.75) is 76.7 Å². The molecule has 2 aliphatic rings. The van der Waals surface area contributed by atoms with Gasteiger partial charge in [-0.15, -0.1) is 0 Å². The predicted molar refractivity (Wildman–Crippen MR) is 102 cm³/mol. The molecule has 1 spiro atoms. The maximum Gasteiger partial charge on any atom is 0.341 e. The van der Waals surface area contributed by atoms with Crippen molar-refractivity contribution >= 4 is 22.8 Å². The Morgan fingerprint density at radius 3 is 2.46 bits per heavy atom. The average molecular weight is 353 g/mol. The normalized spacial score (nSPS) is 19.6. The molecule has 0 radical (unpaired) electrons. The van der Waals surface area contributed by atoms with E-state index in [1.165, 1.54) is 6.42 Å². The van der Waals surface area contributed by atoms with Crippen LogP contribution in [0, 0.1) is 0 Å². The van der Waals surface area contributed by atoms with Gasteiger partial charge in [-0.2, -0.15) is 0 Å². The second-order valence-corrected chi connectivity index (χ2v) is 8.81. The van der Waals surface area contributed by atoms with Crippen LogP contribution in [0.3, 0.4) is 0 Å². The molecule has 4 heteroatoms. The first-order chi connectivity index (χ1) is 12.3. The van der Waals surface area contributed by atoms with Crippen LogP contribution in [0.1, 0.15) is 86.6 Å². The van der Waals surface area contributed by atoms with Crippen molar-refractivity contribution < 1.29 is 14.3 Å². The Bertz CT molecular complexity index is 879. The van der Waals surface area contributed by atoms with E-state index in [0.717, 1.165) is 48.7 Å². The highest BCUT2D eigenvalue weighted by molar-refractivity contribution is 6.10. The monoisotopic (exact) mass is 353 g/mol. The number of ether oxygens (including phenoxy) is 1. The zero-order chi connectivity index (χ0) is 18.5. The predicted octanol–water partition coefficient (Wildman–Crippen LogP) is 5.23. The molecule has 138 valence electrons. The van der Waals surface area contributed by atoms with E-state index in [2.05, 4.69) is 0 Å². The summed E-state index contributed by atoms with van der Waals surface area (Å²) in [5.74, 6) is -0.204. The molecule has 2 aromatic rings. The number of esters is 1. The second kappa shape index (κ2) is 5.97. The molecule has 0 atom stereocenters. The van der Waals surface area contributed by atoms with E-state index in [1.54, 1.807) is 0 Å². The Labute approximate surface area is 154 Å². The summed E-state index contributed by atoms with van der Waals surface area (Å²) in [6.45, 7) is 5.66. The Morgan fingerprint density at radius 1 is 1.08 bits per heavy atom. The topological polar surface area (TPSA) is 48.3 Å². The molecule has 0 N–H and O–H groups in total. The van der Waals surface area contributed by atoms with Crippen molar-refractivity contribution in [3.63, 3.8) is 0 Å². The van der Waals surface area contributed by atoms with Gasteiger partial charge in [0.2, 0.25) is 5.91 Å². The number of carbonyl (C=O) groups excluding carboxylic acids is 2. The van der Waals surface area contributed by atoms with Gasteiger partial charge in [0.15, 0.2) is 0 Å². The van der Waals surface area contributed by atoms with E-state index in [9.17, 15) is 9.59 Å². The van der Waals surface area contributed by atoms with Gasteiger partial charge in [-0.3, -0.25) is 9.36 Å². The maximum absolute atomic E-state index is 13.2. The summed E-state index contributed by atoms with van der Waals surface area (Å²) in [6, 6.07) is 7.76. The van der Waals surface area contributed by atoms with Gasteiger partial charge in [-0.25, -0.2) is 4.79 Å². The van der Waals surface area contributed by atoms with E-state index >= 15 is 0 Å². The van der Waals surface area contributed by atoms with Crippen molar-refractivity contribution in [2.24, 2.45) is 0 Å². The quantitative estimate of drug-likeness (QED) is 0.659. The van der Waals surface area contributed by atoms with E-state index in [-0.39, 0.29) is 17.3 Å². The molecule has 1 aliphatic heterocycles. The summed E-state index contributed by atoms with van der Waals surface area (Å²) in [6.07, 6.45) is 7.04. The highest BCUT2D eigenvalue weighted by Crippen LogP contribution is 2.49. The fraction of sp³-hybridized carbons (Fsp3) is 0.545. The van der Waals surface area contributed by atoms with Gasteiger partial charge in [0.05, 0.1) is 11.1 Å². The Morgan fingerprint density at radius 2 is 1.77 bits per heavy atom. The van der Waals surface area contributed by atoms with Crippen molar-refractivity contribution in [3.8, 4) is 0 Å². The van der Waals surface area contributed by atoms with E-state index in [4.69, 9.17) is 4.74 Å². The highest BCUT2D eigenvalue weighted by atomic mass is 16.6. The summed E-state index contributed by atoms with van der Waals surface area (Å²) in [7, 11) is 0. The Kier molecular flexibility index (Phi) is 3.98. The minimum absolute atomic E-state index is 0.0720. The van der Waals surface area contributed by atoms with E-state index in [1.807, 2.05) is 49.6 Å². The molecule has 0 bridgehead atoms. The van der Waals surface area contributed by atoms with Crippen molar-refractivity contribution in [1.29, 1.82) is 0 Å². The largest absolute Gasteiger partial charge is 0.456 e. The number of carbonyl (C=O) groups is 2. The van der Waals surface area contributed by atoms with Gasteiger partial charge >= 0.3 is 5.97 Å². The lowest BCUT2D eigenvalue weighted by atomic mass is 9.66. The van der Waals surface area contributed by atoms with Crippen LogP contribution in [0.4, 0.5) is 0 Å².